The minimum atomic E-state index is -0.414. The number of nitrogens with two attached hydrogens (primary N) is 1. The van der Waals surface area contributed by atoms with E-state index in [9.17, 15) is 5.11 Å². The van der Waals surface area contributed by atoms with Crippen molar-refractivity contribution in [3.05, 3.63) is 20.3 Å². The molecular formula is C8H12BrNOS. The number of halogens is 1. The molecule has 0 aromatic carbocycles. The molecule has 4 heteroatoms. The van der Waals surface area contributed by atoms with Gasteiger partial charge in [0.1, 0.15) is 0 Å². The molecule has 0 spiro atoms. The number of thiophene rings is 1. The molecule has 0 saturated heterocycles. The topological polar surface area (TPSA) is 46.2 Å². The molecule has 1 atom stereocenters. The predicted molar refractivity (Wildman–Crippen MR) is 55.4 cm³/mol. The monoisotopic (exact) mass is 249 g/mol. The van der Waals surface area contributed by atoms with Crippen molar-refractivity contribution < 1.29 is 5.11 Å². The van der Waals surface area contributed by atoms with Crippen molar-refractivity contribution in [2.45, 2.75) is 19.4 Å². The quantitative estimate of drug-likeness (QED) is 0.863. The summed E-state index contributed by atoms with van der Waals surface area (Å²) in [7, 11) is 0. The van der Waals surface area contributed by atoms with E-state index in [1.807, 2.05) is 13.0 Å². The molecule has 1 rings (SSSR count). The first kappa shape index (κ1) is 10.2. The van der Waals surface area contributed by atoms with Crippen LogP contribution in [0.5, 0.6) is 0 Å². The molecule has 0 unspecified atom stereocenters. The standard InChI is InChI=1S/C8H12BrNOS/c1-5-4-6(9)8(12-5)7(11)2-3-10/h4,7,11H,2-3,10H2,1H3/t7-/m1/s1. The van der Waals surface area contributed by atoms with Crippen molar-refractivity contribution in [3.8, 4) is 0 Å². The van der Waals surface area contributed by atoms with Crippen molar-refractivity contribution in [1.82, 2.24) is 0 Å². The van der Waals surface area contributed by atoms with Gasteiger partial charge >= 0.3 is 0 Å². The van der Waals surface area contributed by atoms with E-state index >= 15 is 0 Å². The Morgan fingerprint density at radius 2 is 2.42 bits per heavy atom. The normalized spacial score (nSPS) is 13.3. The van der Waals surface area contributed by atoms with Crippen molar-refractivity contribution in [2.75, 3.05) is 6.54 Å². The number of aryl methyl sites for hydroxylation is 1. The third kappa shape index (κ3) is 2.29. The molecule has 0 bridgehead atoms. The fraction of sp³-hybridized carbons (Fsp3) is 0.500. The van der Waals surface area contributed by atoms with E-state index in [1.54, 1.807) is 11.3 Å². The lowest BCUT2D eigenvalue weighted by Crippen LogP contribution is -2.05. The van der Waals surface area contributed by atoms with Crippen molar-refractivity contribution in [3.63, 3.8) is 0 Å². The average molecular weight is 250 g/mol. The Balaban J connectivity index is 2.79. The van der Waals surface area contributed by atoms with Crippen LogP contribution in [0, 0.1) is 6.92 Å². The minimum Gasteiger partial charge on any atom is -0.387 e. The SMILES string of the molecule is Cc1cc(Br)c([C@H](O)CCN)s1. The van der Waals surface area contributed by atoms with Crippen molar-refractivity contribution in [1.29, 1.82) is 0 Å². The maximum Gasteiger partial charge on any atom is 0.0905 e. The largest absolute Gasteiger partial charge is 0.387 e. The molecule has 0 radical (unpaired) electrons. The zero-order valence-electron chi connectivity index (χ0n) is 6.88. The molecule has 0 aliphatic heterocycles. The van der Waals surface area contributed by atoms with Gasteiger partial charge in [-0.3, -0.25) is 0 Å². The first-order valence-corrected chi connectivity index (χ1v) is 5.40. The number of hydrogen-bond donors (Lipinski definition) is 2. The lowest BCUT2D eigenvalue weighted by Gasteiger charge is -2.06. The summed E-state index contributed by atoms with van der Waals surface area (Å²) in [5, 5.41) is 9.62. The van der Waals surface area contributed by atoms with Crippen LogP contribution in [0.2, 0.25) is 0 Å². The molecule has 1 heterocycles. The van der Waals surface area contributed by atoms with Gasteiger partial charge in [0.05, 0.1) is 6.10 Å². The highest BCUT2D eigenvalue weighted by atomic mass is 79.9. The fourth-order valence-electron chi connectivity index (χ4n) is 1.02. The molecular weight excluding hydrogens is 238 g/mol. The van der Waals surface area contributed by atoms with Gasteiger partial charge in [-0.25, -0.2) is 0 Å². The summed E-state index contributed by atoms with van der Waals surface area (Å²) in [6.07, 6.45) is 0.210. The predicted octanol–water partition coefficient (Wildman–Crippen LogP) is 2.20. The van der Waals surface area contributed by atoms with Crippen LogP contribution >= 0.6 is 27.3 Å². The summed E-state index contributed by atoms with van der Waals surface area (Å²) in [5.74, 6) is 0. The molecule has 0 saturated carbocycles. The first-order valence-electron chi connectivity index (χ1n) is 3.79. The zero-order chi connectivity index (χ0) is 9.14. The molecule has 12 heavy (non-hydrogen) atoms. The Hall–Kier alpha value is 0.1000. The van der Waals surface area contributed by atoms with Gasteiger partial charge in [0.15, 0.2) is 0 Å². The molecule has 68 valence electrons. The summed E-state index contributed by atoms with van der Waals surface area (Å²) < 4.78 is 0.992. The van der Waals surface area contributed by atoms with E-state index in [0.717, 1.165) is 9.35 Å². The Morgan fingerprint density at radius 1 is 1.75 bits per heavy atom. The Kier molecular flexibility index (Phi) is 3.71. The minimum absolute atomic E-state index is 0.414. The van der Waals surface area contributed by atoms with Crippen LogP contribution in [-0.4, -0.2) is 11.7 Å². The van der Waals surface area contributed by atoms with Crippen molar-refractivity contribution >= 4 is 27.3 Å². The molecule has 2 nitrogen and oxygen atoms in total. The smallest absolute Gasteiger partial charge is 0.0905 e. The molecule has 0 fully saturated rings. The van der Waals surface area contributed by atoms with Crippen LogP contribution in [0.15, 0.2) is 10.5 Å². The van der Waals surface area contributed by atoms with Crippen molar-refractivity contribution in [2.24, 2.45) is 5.73 Å². The van der Waals surface area contributed by atoms with E-state index < -0.39 is 6.10 Å². The second kappa shape index (κ2) is 4.37. The molecule has 0 aliphatic rings. The van der Waals surface area contributed by atoms with Crippen LogP contribution in [0.1, 0.15) is 22.3 Å². The summed E-state index contributed by atoms with van der Waals surface area (Å²) in [6, 6.07) is 2.01. The van der Waals surface area contributed by atoms with E-state index in [0.29, 0.717) is 13.0 Å². The summed E-state index contributed by atoms with van der Waals surface area (Å²) >= 11 is 5.01. The lowest BCUT2D eigenvalue weighted by molar-refractivity contribution is 0.173. The van der Waals surface area contributed by atoms with Gasteiger partial charge in [-0.15, -0.1) is 11.3 Å². The van der Waals surface area contributed by atoms with Gasteiger partial charge in [-0.05, 0) is 41.9 Å². The first-order chi connectivity index (χ1) is 5.65. The second-order valence-electron chi connectivity index (χ2n) is 2.66. The van der Waals surface area contributed by atoms with E-state index in [1.165, 1.54) is 4.88 Å². The number of aliphatic hydroxyl groups excluding tert-OH is 1. The van der Waals surface area contributed by atoms with E-state index in [4.69, 9.17) is 5.73 Å². The summed E-state index contributed by atoms with van der Waals surface area (Å²) in [5.41, 5.74) is 5.35. The highest BCUT2D eigenvalue weighted by Gasteiger charge is 2.12. The average Bonchev–Trinajstić information content (AvgIpc) is 2.30. The lowest BCUT2D eigenvalue weighted by atomic mass is 10.2. The highest BCUT2D eigenvalue weighted by molar-refractivity contribution is 9.10. The highest BCUT2D eigenvalue weighted by Crippen LogP contribution is 2.33. The Labute approximate surface area is 84.5 Å². The van der Waals surface area contributed by atoms with E-state index in [2.05, 4.69) is 15.9 Å². The van der Waals surface area contributed by atoms with Crippen LogP contribution in [-0.2, 0) is 0 Å². The summed E-state index contributed by atoms with van der Waals surface area (Å²) in [4.78, 5) is 2.19. The number of rotatable bonds is 3. The third-order valence-corrected chi connectivity index (χ3v) is 3.65. The van der Waals surface area contributed by atoms with Crippen LogP contribution < -0.4 is 5.73 Å². The zero-order valence-corrected chi connectivity index (χ0v) is 9.28. The van der Waals surface area contributed by atoms with Crippen LogP contribution in [0.4, 0.5) is 0 Å². The number of hydrogen-bond acceptors (Lipinski definition) is 3. The molecule has 1 aromatic rings. The fourth-order valence-corrected chi connectivity index (χ4v) is 2.95. The summed E-state index contributed by atoms with van der Waals surface area (Å²) in [6.45, 7) is 2.54. The second-order valence-corrected chi connectivity index (χ2v) is 4.80. The van der Waals surface area contributed by atoms with Gasteiger partial charge in [0, 0.05) is 14.2 Å². The maximum absolute atomic E-state index is 9.62. The van der Waals surface area contributed by atoms with Gasteiger partial charge in [0.2, 0.25) is 0 Å². The van der Waals surface area contributed by atoms with Gasteiger partial charge in [0.25, 0.3) is 0 Å². The number of aliphatic hydroxyl groups is 1. The Morgan fingerprint density at radius 3 is 2.83 bits per heavy atom. The molecule has 1 aromatic heterocycles. The third-order valence-electron chi connectivity index (χ3n) is 1.58. The van der Waals surface area contributed by atoms with E-state index in [-0.39, 0.29) is 0 Å². The van der Waals surface area contributed by atoms with Gasteiger partial charge < -0.3 is 10.8 Å². The molecule has 3 N–H and O–H groups in total. The van der Waals surface area contributed by atoms with Crippen LogP contribution in [0.25, 0.3) is 0 Å². The Bertz CT molecular complexity index is 262. The van der Waals surface area contributed by atoms with Gasteiger partial charge in [-0.1, -0.05) is 0 Å². The van der Waals surface area contributed by atoms with Gasteiger partial charge in [-0.2, -0.15) is 0 Å². The maximum atomic E-state index is 9.62. The molecule has 0 amide bonds. The van der Waals surface area contributed by atoms with Crippen LogP contribution in [0.3, 0.4) is 0 Å². The molecule has 0 aliphatic carbocycles.